The van der Waals surface area contributed by atoms with E-state index in [1.165, 1.54) is 12.1 Å². The minimum absolute atomic E-state index is 0.00259. The van der Waals surface area contributed by atoms with Crippen LogP contribution in [0.1, 0.15) is 18.4 Å². The Balaban J connectivity index is 1.75. The number of nitrogens with one attached hydrogen (secondary N) is 1. The maximum absolute atomic E-state index is 13.4. The van der Waals surface area contributed by atoms with Gasteiger partial charge in [-0.05, 0) is 36.5 Å². The third-order valence-corrected chi connectivity index (χ3v) is 4.41. The molecular weight excluding hydrogens is 299 g/mol. The molecule has 1 aliphatic carbocycles. The van der Waals surface area contributed by atoms with Gasteiger partial charge in [-0.2, -0.15) is 0 Å². The van der Waals surface area contributed by atoms with Gasteiger partial charge in [0.05, 0.1) is 11.6 Å². The molecule has 3 amide bonds. The Labute approximate surface area is 125 Å². The van der Waals surface area contributed by atoms with Gasteiger partial charge in [-0.1, -0.05) is 17.7 Å². The van der Waals surface area contributed by atoms with E-state index in [-0.39, 0.29) is 30.0 Å². The van der Waals surface area contributed by atoms with Gasteiger partial charge in [0.2, 0.25) is 0 Å². The fraction of sp³-hybridized carbons (Fsp3) is 0.429. The van der Waals surface area contributed by atoms with Crippen molar-refractivity contribution in [2.75, 3.05) is 6.61 Å². The molecule has 3 rings (SSSR count). The van der Waals surface area contributed by atoms with Crippen molar-refractivity contribution < 1.29 is 19.1 Å². The van der Waals surface area contributed by atoms with Crippen LogP contribution in [0.3, 0.4) is 0 Å². The van der Waals surface area contributed by atoms with Crippen LogP contribution >= 0.6 is 11.6 Å². The van der Waals surface area contributed by atoms with Crippen molar-refractivity contribution in [3.05, 3.63) is 34.6 Å². The summed E-state index contributed by atoms with van der Waals surface area (Å²) >= 11 is 5.61. The maximum atomic E-state index is 13.4. The number of imide groups is 1. The molecule has 0 aromatic heterocycles. The molecule has 1 saturated heterocycles. The number of rotatable bonds is 3. The smallest absolute Gasteiger partial charge is 0.325 e. The van der Waals surface area contributed by atoms with E-state index >= 15 is 0 Å². The molecule has 0 radical (unpaired) electrons. The van der Waals surface area contributed by atoms with E-state index in [0.29, 0.717) is 18.4 Å². The third kappa shape index (κ3) is 2.28. The highest BCUT2D eigenvalue weighted by Crippen LogP contribution is 2.42. The summed E-state index contributed by atoms with van der Waals surface area (Å²) in [7, 11) is 0. The van der Waals surface area contributed by atoms with Crippen molar-refractivity contribution in [3.63, 3.8) is 0 Å². The minimum atomic E-state index is -0.880. The zero-order chi connectivity index (χ0) is 15.2. The highest BCUT2D eigenvalue weighted by atomic mass is 35.5. The number of carbonyl (C=O) groups is 2. The molecule has 2 aliphatic rings. The Bertz CT molecular complexity index is 616. The molecular formula is C14H14ClFN2O3. The van der Waals surface area contributed by atoms with Crippen molar-refractivity contribution >= 4 is 23.5 Å². The van der Waals surface area contributed by atoms with Gasteiger partial charge < -0.3 is 10.4 Å². The number of hydrogen-bond acceptors (Lipinski definition) is 3. The minimum Gasteiger partial charge on any atom is -0.396 e. The largest absolute Gasteiger partial charge is 0.396 e. The molecule has 0 bridgehead atoms. The summed E-state index contributed by atoms with van der Waals surface area (Å²) in [4.78, 5) is 25.4. The lowest BCUT2D eigenvalue weighted by molar-refractivity contribution is -0.137. The number of aliphatic hydroxyl groups excluding tert-OH is 1. The number of urea groups is 1. The highest BCUT2D eigenvalue weighted by molar-refractivity contribution is 6.30. The average Bonchev–Trinajstić information content (AvgIpc) is 2.65. The van der Waals surface area contributed by atoms with E-state index < -0.39 is 17.4 Å². The molecule has 1 spiro atoms. The summed E-state index contributed by atoms with van der Waals surface area (Å²) < 4.78 is 13.4. The van der Waals surface area contributed by atoms with Crippen LogP contribution in [-0.4, -0.2) is 34.1 Å². The fourth-order valence-electron chi connectivity index (χ4n) is 2.97. The molecule has 1 saturated carbocycles. The molecule has 1 aromatic carbocycles. The maximum Gasteiger partial charge on any atom is 0.325 e. The Kier molecular flexibility index (Phi) is 3.37. The first kappa shape index (κ1) is 14.3. The van der Waals surface area contributed by atoms with Gasteiger partial charge >= 0.3 is 6.03 Å². The predicted molar refractivity (Wildman–Crippen MR) is 73.0 cm³/mol. The number of hydrogen-bond donors (Lipinski definition) is 2. The van der Waals surface area contributed by atoms with E-state index in [2.05, 4.69) is 5.32 Å². The third-order valence-electron chi connectivity index (χ3n) is 4.10. The first-order valence-corrected chi connectivity index (χ1v) is 7.02. The summed E-state index contributed by atoms with van der Waals surface area (Å²) in [5, 5.41) is 11.7. The SMILES string of the molecule is O=C1NC2(CC(CO)C2)C(=O)N1Cc1ccc(Cl)c(F)c1. The van der Waals surface area contributed by atoms with Crippen molar-refractivity contribution in [2.45, 2.75) is 24.9 Å². The first-order valence-electron chi connectivity index (χ1n) is 6.64. The molecule has 1 aromatic rings. The Morgan fingerprint density at radius 2 is 2.14 bits per heavy atom. The van der Waals surface area contributed by atoms with Crippen LogP contribution in [0.5, 0.6) is 0 Å². The van der Waals surface area contributed by atoms with Crippen LogP contribution in [-0.2, 0) is 11.3 Å². The second kappa shape index (κ2) is 4.96. The van der Waals surface area contributed by atoms with Gasteiger partial charge in [0.1, 0.15) is 11.4 Å². The van der Waals surface area contributed by atoms with Crippen LogP contribution in [0.15, 0.2) is 18.2 Å². The summed E-state index contributed by atoms with van der Waals surface area (Å²) in [6, 6.07) is 3.71. The average molecular weight is 313 g/mol. The van der Waals surface area contributed by atoms with Gasteiger partial charge in [0, 0.05) is 6.61 Å². The van der Waals surface area contributed by atoms with Gasteiger partial charge in [0.15, 0.2) is 0 Å². The van der Waals surface area contributed by atoms with Crippen LogP contribution < -0.4 is 5.32 Å². The topological polar surface area (TPSA) is 69.6 Å². The lowest BCUT2D eigenvalue weighted by atomic mass is 9.68. The second-order valence-corrected chi connectivity index (χ2v) is 6.02. The molecule has 1 heterocycles. The highest BCUT2D eigenvalue weighted by Gasteiger charge is 2.58. The molecule has 2 fully saturated rings. The molecule has 21 heavy (non-hydrogen) atoms. The summed E-state index contributed by atoms with van der Waals surface area (Å²) in [5.74, 6) is -0.852. The summed E-state index contributed by atoms with van der Waals surface area (Å²) in [6.07, 6.45) is 0.888. The van der Waals surface area contributed by atoms with Gasteiger partial charge in [0.25, 0.3) is 5.91 Å². The number of aliphatic hydroxyl groups is 1. The lowest BCUT2D eigenvalue weighted by Crippen LogP contribution is -2.57. The van der Waals surface area contributed by atoms with E-state index in [1.807, 2.05) is 0 Å². The Hall–Kier alpha value is -1.66. The molecule has 112 valence electrons. The van der Waals surface area contributed by atoms with Crippen molar-refractivity contribution in [2.24, 2.45) is 5.92 Å². The first-order chi connectivity index (χ1) is 9.95. The predicted octanol–water partition coefficient (Wildman–Crippen LogP) is 1.67. The quantitative estimate of drug-likeness (QED) is 0.834. The number of halogens is 2. The standard InChI is InChI=1S/C14H14ClFN2O3/c15-10-2-1-8(3-11(10)16)6-18-12(20)14(17-13(18)21)4-9(5-14)7-19/h1-3,9,19H,4-7H2,(H,17,21). The number of benzene rings is 1. The monoisotopic (exact) mass is 312 g/mol. The van der Waals surface area contributed by atoms with Gasteiger partial charge in [-0.15, -0.1) is 0 Å². The summed E-state index contributed by atoms with van der Waals surface area (Å²) in [6.45, 7) is 0.0115. The lowest BCUT2D eigenvalue weighted by Gasteiger charge is -2.41. The number of carbonyl (C=O) groups excluding carboxylic acids is 2. The van der Waals surface area contributed by atoms with Crippen molar-refractivity contribution in [3.8, 4) is 0 Å². The van der Waals surface area contributed by atoms with Crippen molar-refractivity contribution in [1.29, 1.82) is 0 Å². The zero-order valence-corrected chi connectivity index (χ0v) is 11.9. The Morgan fingerprint density at radius 3 is 2.76 bits per heavy atom. The van der Waals surface area contributed by atoms with E-state index in [1.54, 1.807) is 6.07 Å². The fourth-order valence-corrected chi connectivity index (χ4v) is 3.09. The number of amides is 3. The molecule has 1 aliphatic heterocycles. The van der Waals surface area contributed by atoms with Crippen LogP contribution in [0, 0.1) is 11.7 Å². The van der Waals surface area contributed by atoms with Crippen molar-refractivity contribution in [1.82, 2.24) is 10.2 Å². The van der Waals surface area contributed by atoms with Crippen LogP contribution in [0.2, 0.25) is 5.02 Å². The second-order valence-electron chi connectivity index (χ2n) is 5.61. The van der Waals surface area contributed by atoms with E-state index in [0.717, 1.165) is 4.90 Å². The van der Waals surface area contributed by atoms with Gasteiger partial charge in [-0.3, -0.25) is 9.69 Å². The van der Waals surface area contributed by atoms with Gasteiger partial charge in [-0.25, -0.2) is 9.18 Å². The molecule has 2 N–H and O–H groups in total. The molecule has 7 heteroatoms. The normalized spacial score (nSPS) is 28.0. The van der Waals surface area contributed by atoms with Crippen LogP contribution in [0.4, 0.5) is 9.18 Å². The number of nitrogens with zero attached hydrogens (tertiary/aromatic N) is 1. The zero-order valence-electron chi connectivity index (χ0n) is 11.1. The van der Waals surface area contributed by atoms with E-state index in [4.69, 9.17) is 16.7 Å². The Morgan fingerprint density at radius 1 is 1.43 bits per heavy atom. The summed E-state index contributed by atoms with van der Waals surface area (Å²) in [5.41, 5.74) is -0.384. The molecule has 0 unspecified atom stereocenters. The molecule has 0 atom stereocenters. The molecule has 5 nitrogen and oxygen atoms in total. The van der Waals surface area contributed by atoms with E-state index in [9.17, 15) is 14.0 Å². The van der Waals surface area contributed by atoms with Crippen LogP contribution in [0.25, 0.3) is 0 Å².